The van der Waals surface area contributed by atoms with E-state index in [-0.39, 0.29) is 12.5 Å². The van der Waals surface area contributed by atoms with E-state index in [9.17, 15) is 0 Å². The van der Waals surface area contributed by atoms with Gasteiger partial charge >= 0.3 is 0 Å². The third-order valence-corrected chi connectivity index (χ3v) is 4.26. The molecule has 0 aliphatic heterocycles. The number of aliphatic hydroxyl groups excluding tert-OH is 1. The van der Waals surface area contributed by atoms with E-state index in [1.54, 1.807) is 6.07 Å². The van der Waals surface area contributed by atoms with Crippen molar-refractivity contribution in [1.29, 1.82) is 0 Å². The van der Waals surface area contributed by atoms with Crippen LogP contribution in [0.2, 0.25) is 10.0 Å². The summed E-state index contributed by atoms with van der Waals surface area (Å²) in [5.74, 6) is 1.66. The Bertz CT molecular complexity index is 391. The van der Waals surface area contributed by atoms with E-state index < -0.39 is 0 Å². The van der Waals surface area contributed by atoms with E-state index in [1.165, 1.54) is 11.8 Å². The Morgan fingerprint density at radius 1 is 1.44 bits per heavy atom. The van der Waals surface area contributed by atoms with Crippen LogP contribution in [-0.2, 0) is 0 Å². The number of hydrogen-bond acceptors (Lipinski definition) is 4. The molecule has 0 aromatic carbocycles. The molecule has 2 N–H and O–H groups in total. The Morgan fingerprint density at radius 2 is 2.17 bits per heavy atom. The fourth-order valence-corrected chi connectivity index (χ4v) is 2.68. The molecule has 0 fully saturated rings. The van der Waals surface area contributed by atoms with Crippen molar-refractivity contribution in [3.05, 3.63) is 16.1 Å². The minimum Gasteiger partial charge on any atom is -0.396 e. The quantitative estimate of drug-likeness (QED) is 0.749. The number of anilines is 1. The molecule has 0 aliphatic carbocycles. The number of aliphatic hydroxyl groups is 1. The maximum Gasteiger partial charge on any atom is 0.146 e. The predicted octanol–water partition coefficient (Wildman–Crippen LogP) is 3.93. The molecule has 3 nitrogen and oxygen atoms in total. The molecule has 1 heterocycles. The number of aromatic nitrogens is 1. The molecule has 1 aromatic heterocycles. The maximum absolute atomic E-state index is 9.00. The lowest BCUT2D eigenvalue weighted by Crippen LogP contribution is -2.05. The van der Waals surface area contributed by atoms with Crippen molar-refractivity contribution in [2.75, 3.05) is 24.2 Å². The Morgan fingerprint density at radius 3 is 2.78 bits per heavy atom. The number of halogens is 2. The van der Waals surface area contributed by atoms with Crippen LogP contribution < -0.4 is 5.32 Å². The summed E-state index contributed by atoms with van der Waals surface area (Å²) >= 11 is 13.7. The maximum atomic E-state index is 9.00. The number of pyridine rings is 1. The Kier molecular flexibility index (Phi) is 7.15. The van der Waals surface area contributed by atoms with Crippen LogP contribution in [0.3, 0.4) is 0 Å². The van der Waals surface area contributed by atoms with Crippen LogP contribution in [-0.4, -0.2) is 29.0 Å². The van der Waals surface area contributed by atoms with Crippen molar-refractivity contribution >= 4 is 40.8 Å². The van der Waals surface area contributed by atoms with E-state index >= 15 is 0 Å². The van der Waals surface area contributed by atoms with Crippen molar-refractivity contribution in [3.63, 3.8) is 0 Å². The van der Waals surface area contributed by atoms with Crippen molar-refractivity contribution in [3.8, 4) is 0 Å². The van der Waals surface area contributed by atoms with Gasteiger partial charge in [-0.05, 0) is 18.4 Å². The lowest BCUT2D eigenvalue weighted by atomic mass is 10.2. The molecule has 6 heteroatoms. The predicted molar refractivity (Wildman–Crippen MR) is 80.0 cm³/mol. The fourth-order valence-electron chi connectivity index (χ4n) is 1.19. The third-order valence-electron chi connectivity index (χ3n) is 2.26. The molecular weight excluding hydrogens is 291 g/mol. The van der Waals surface area contributed by atoms with E-state index in [4.69, 9.17) is 28.3 Å². The molecule has 1 rings (SSSR count). The van der Waals surface area contributed by atoms with Gasteiger partial charge in [-0.15, -0.1) is 11.8 Å². The standard InChI is InChI=1S/C12H18Cl2N2OS/c1-3-4-15-11-9(13)5-10(14)12(16-11)18-7-8(2)6-17/h5,8,17H,3-4,6-7H2,1-2H3,(H,15,16). The molecule has 0 spiro atoms. The summed E-state index contributed by atoms with van der Waals surface area (Å²) in [7, 11) is 0. The van der Waals surface area contributed by atoms with Crippen LogP contribution >= 0.6 is 35.0 Å². The molecule has 18 heavy (non-hydrogen) atoms. The SMILES string of the molecule is CCCNc1nc(SCC(C)CO)c(Cl)cc1Cl. The van der Waals surface area contributed by atoms with Gasteiger partial charge in [0, 0.05) is 18.9 Å². The largest absolute Gasteiger partial charge is 0.396 e. The highest BCUT2D eigenvalue weighted by molar-refractivity contribution is 7.99. The number of nitrogens with one attached hydrogen (secondary N) is 1. The van der Waals surface area contributed by atoms with Gasteiger partial charge in [-0.25, -0.2) is 4.98 Å². The van der Waals surface area contributed by atoms with Crippen LogP contribution in [0.25, 0.3) is 0 Å². The van der Waals surface area contributed by atoms with Gasteiger partial charge in [-0.1, -0.05) is 37.0 Å². The van der Waals surface area contributed by atoms with Gasteiger partial charge in [0.2, 0.25) is 0 Å². The van der Waals surface area contributed by atoms with Crippen LogP contribution in [0.1, 0.15) is 20.3 Å². The molecule has 0 amide bonds. The summed E-state index contributed by atoms with van der Waals surface area (Å²) in [5.41, 5.74) is 0. The average Bonchev–Trinajstić information content (AvgIpc) is 2.36. The first-order chi connectivity index (χ1) is 8.58. The van der Waals surface area contributed by atoms with Gasteiger partial charge < -0.3 is 10.4 Å². The first-order valence-corrected chi connectivity index (χ1v) is 7.66. The highest BCUT2D eigenvalue weighted by atomic mass is 35.5. The van der Waals surface area contributed by atoms with E-state index in [0.717, 1.165) is 23.7 Å². The van der Waals surface area contributed by atoms with Crippen LogP contribution in [0.4, 0.5) is 5.82 Å². The van der Waals surface area contributed by atoms with Gasteiger partial charge in [0.15, 0.2) is 0 Å². The third kappa shape index (κ3) is 4.84. The minimum absolute atomic E-state index is 0.166. The summed E-state index contributed by atoms with van der Waals surface area (Å²) in [6.07, 6.45) is 1.00. The number of hydrogen-bond donors (Lipinski definition) is 2. The van der Waals surface area contributed by atoms with Gasteiger partial charge in [-0.3, -0.25) is 0 Å². The van der Waals surface area contributed by atoms with Crippen LogP contribution in [0.15, 0.2) is 11.1 Å². The van der Waals surface area contributed by atoms with Gasteiger partial charge in [0.25, 0.3) is 0 Å². The Balaban J connectivity index is 2.77. The Labute approximate surface area is 122 Å². The molecule has 1 atom stereocenters. The number of thioether (sulfide) groups is 1. The van der Waals surface area contributed by atoms with Crippen molar-refractivity contribution in [2.45, 2.75) is 25.3 Å². The molecule has 0 saturated heterocycles. The van der Waals surface area contributed by atoms with E-state index in [2.05, 4.69) is 17.2 Å². The summed E-state index contributed by atoms with van der Waals surface area (Å²) in [6, 6.07) is 1.71. The summed E-state index contributed by atoms with van der Waals surface area (Å²) in [5, 5.41) is 14.0. The second-order valence-corrected chi connectivity index (χ2v) is 5.95. The summed E-state index contributed by atoms with van der Waals surface area (Å²) in [4.78, 5) is 4.42. The van der Waals surface area contributed by atoms with Crippen molar-refractivity contribution in [1.82, 2.24) is 4.98 Å². The minimum atomic E-state index is 0.166. The van der Waals surface area contributed by atoms with Crippen molar-refractivity contribution < 1.29 is 5.11 Å². The molecule has 102 valence electrons. The Hall–Kier alpha value is -0.160. The highest BCUT2D eigenvalue weighted by Crippen LogP contribution is 2.32. The molecule has 0 aliphatic rings. The van der Waals surface area contributed by atoms with Gasteiger partial charge in [-0.2, -0.15) is 0 Å². The summed E-state index contributed by atoms with van der Waals surface area (Å²) in [6.45, 7) is 5.05. The second-order valence-electron chi connectivity index (χ2n) is 4.13. The topological polar surface area (TPSA) is 45.2 Å². The van der Waals surface area contributed by atoms with E-state index in [0.29, 0.717) is 15.9 Å². The molecule has 1 unspecified atom stereocenters. The van der Waals surface area contributed by atoms with Gasteiger partial charge in [0.05, 0.1) is 10.0 Å². The van der Waals surface area contributed by atoms with Crippen LogP contribution in [0.5, 0.6) is 0 Å². The fraction of sp³-hybridized carbons (Fsp3) is 0.583. The normalized spacial score (nSPS) is 12.5. The molecule has 0 saturated carbocycles. The lowest BCUT2D eigenvalue weighted by Gasteiger charge is -2.11. The number of nitrogens with zero attached hydrogens (tertiary/aromatic N) is 1. The lowest BCUT2D eigenvalue weighted by molar-refractivity contribution is 0.250. The van der Waals surface area contributed by atoms with E-state index in [1.807, 2.05) is 6.92 Å². The zero-order valence-corrected chi connectivity index (χ0v) is 12.9. The number of rotatable bonds is 7. The highest BCUT2D eigenvalue weighted by Gasteiger charge is 2.11. The zero-order chi connectivity index (χ0) is 13.5. The van der Waals surface area contributed by atoms with Gasteiger partial charge in [0.1, 0.15) is 10.8 Å². The monoisotopic (exact) mass is 308 g/mol. The molecule has 1 aromatic rings. The smallest absolute Gasteiger partial charge is 0.146 e. The van der Waals surface area contributed by atoms with Crippen molar-refractivity contribution in [2.24, 2.45) is 5.92 Å². The first kappa shape index (κ1) is 15.9. The molecule has 0 radical (unpaired) electrons. The zero-order valence-electron chi connectivity index (χ0n) is 10.5. The second kappa shape index (κ2) is 8.10. The van der Waals surface area contributed by atoms with Crippen LogP contribution in [0, 0.1) is 5.92 Å². The molecular formula is C12H18Cl2N2OS. The molecule has 0 bridgehead atoms. The average molecular weight is 309 g/mol. The summed E-state index contributed by atoms with van der Waals surface area (Å²) < 4.78 is 0. The first-order valence-electron chi connectivity index (χ1n) is 5.92.